The van der Waals surface area contributed by atoms with E-state index in [1.165, 1.54) is 7.11 Å². The fourth-order valence-electron chi connectivity index (χ4n) is 2.49. The van der Waals surface area contributed by atoms with Crippen molar-refractivity contribution in [2.45, 2.75) is 25.7 Å². The van der Waals surface area contributed by atoms with E-state index in [1.807, 2.05) is 19.1 Å². The molecule has 0 bridgehead atoms. The average molecular weight is 360 g/mol. The molecule has 1 aliphatic carbocycles. The molecule has 1 aromatic rings. The van der Waals surface area contributed by atoms with Gasteiger partial charge in [0.25, 0.3) is 0 Å². The molecule has 4 heteroatoms. The van der Waals surface area contributed by atoms with E-state index in [-0.39, 0.29) is 23.6 Å². The van der Waals surface area contributed by atoms with Crippen molar-refractivity contribution in [1.82, 2.24) is 0 Å². The molecular weight excluding hydrogens is 343 g/mol. The second kappa shape index (κ2) is 5.47. The standard InChI is InChI=1S/C14H17IO3/c1-8(14(17)18-2)13(9-3-4-9)10-5-6-11(15)12(16)7-10/h5-9,13,16H,3-4H2,1-2H3/t8-,13-/m0/s1. The number of phenolic OH excluding ortho intramolecular Hbond substituents is 1. The molecule has 18 heavy (non-hydrogen) atoms. The number of hydrogen-bond donors (Lipinski definition) is 1. The van der Waals surface area contributed by atoms with Crippen molar-refractivity contribution in [3.05, 3.63) is 27.3 Å². The molecule has 3 nitrogen and oxygen atoms in total. The van der Waals surface area contributed by atoms with Crippen molar-refractivity contribution in [2.24, 2.45) is 11.8 Å². The van der Waals surface area contributed by atoms with Gasteiger partial charge in [-0.1, -0.05) is 13.0 Å². The van der Waals surface area contributed by atoms with Gasteiger partial charge in [-0.2, -0.15) is 0 Å². The Bertz CT molecular complexity index is 454. The Kier molecular flexibility index (Phi) is 4.14. The maximum absolute atomic E-state index is 11.7. The van der Waals surface area contributed by atoms with Gasteiger partial charge in [-0.05, 0) is 65.0 Å². The van der Waals surface area contributed by atoms with Gasteiger partial charge in [0.2, 0.25) is 0 Å². The van der Waals surface area contributed by atoms with Crippen molar-refractivity contribution in [3.63, 3.8) is 0 Å². The number of halogens is 1. The molecule has 0 spiro atoms. The summed E-state index contributed by atoms with van der Waals surface area (Å²) in [5.41, 5.74) is 1.04. The zero-order chi connectivity index (χ0) is 13.3. The van der Waals surface area contributed by atoms with Gasteiger partial charge in [-0.3, -0.25) is 4.79 Å². The van der Waals surface area contributed by atoms with E-state index in [9.17, 15) is 9.90 Å². The quantitative estimate of drug-likeness (QED) is 0.662. The Hall–Kier alpha value is -0.780. The molecule has 98 valence electrons. The summed E-state index contributed by atoms with van der Waals surface area (Å²) in [6.45, 7) is 1.91. The Balaban J connectivity index is 2.29. The highest BCUT2D eigenvalue weighted by molar-refractivity contribution is 14.1. The Morgan fingerprint density at radius 3 is 2.67 bits per heavy atom. The molecule has 0 aromatic heterocycles. The fraction of sp³-hybridized carbons (Fsp3) is 0.500. The number of phenols is 1. The lowest BCUT2D eigenvalue weighted by molar-refractivity contribution is -0.145. The average Bonchev–Trinajstić information content (AvgIpc) is 3.17. The number of rotatable bonds is 4. The first-order valence-electron chi connectivity index (χ1n) is 6.10. The van der Waals surface area contributed by atoms with Crippen LogP contribution in [0.25, 0.3) is 0 Å². The highest BCUT2D eigenvalue weighted by atomic mass is 127. The van der Waals surface area contributed by atoms with Crippen molar-refractivity contribution >= 4 is 28.6 Å². The first-order valence-corrected chi connectivity index (χ1v) is 7.18. The predicted molar refractivity (Wildman–Crippen MR) is 77.5 cm³/mol. The van der Waals surface area contributed by atoms with Gasteiger partial charge in [-0.25, -0.2) is 0 Å². The lowest BCUT2D eigenvalue weighted by Crippen LogP contribution is -2.22. The molecule has 0 unspecified atom stereocenters. The smallest absolute Gasteiger partial charge is 0.309 e. The zero-order valence-electron chi connectivity index (χ0n) is 10.5. The Labute approximate surface area is 121 Å². The number of aromatic hydroxyl groups is 1. The molecule has 0 radical (unpaired) electrons. The molecular formula is C14H17IO3. The monoisotopic (exact) mass is 360 g/mol. The first kappa shape index (κ1) is 13.6. The van der Waals surface area contributed by atoms with Crippen molar-refractivity contribution in [2.75, 3.05) is 7.11 Å². The van der Waals surface area contributed by atoms with Crippen LogP contribution in [0, 0.1) is 15.4 Å². The molecule has 0 heterocycles. The molecule has 0 amide bonds. The van der Waals surface area contributed by atoms with Gasteiger partial charge >= 0.3 is 5.97 Å². The molecule has 2 rings (SSSR count). The summed E-state index contributed by atoms with van der Waals surface area (Å²) in [5, 5.41) is 9.81. The van der Waals surface area contributed by atoms with E-state index in [1.54, 1.807) is 6.07 Å². The van der Waals surface area contributed by atoms with Gasteiger partial charge in [0.1, 0.15) is 5.75 Å². The Morgan fingerprint density at radius 2 is 2.17 bits per heavy atom. The topological polar surface area (TPSA) is 46.5 Å². The lowest BCUT2D eigenvalue weighted by atomic mass is 9.83. The summed E-state index contributed by atoms with van der Waals surface area (Å²) in [6, 6.07) is 5.68. The van der Waals surface area contributed by atoms with Crippen LogP contribution in [0.4, 0.5) is 0 Å². The minimum Gasteiger partial charge on any atom is -0.507 e. The molecule has 1 aliphatic rings. The van der Waals surface area contributed by atoms with Gasteiger partial charge in [0.05, 0.1) is 16.6 Å². The van der Waals surface area contributed by atoms with Crippen molar-refractivity contribution in [1.29, 1.82) is 0 Å². The van der Waals surface area contributed by atoms with Crippen molar-refractivity contribution < 1.29 is 14.6 Å². The summed E-state index contributed by atoms with van der Waals surface area (Å²) in [7, 11) is 1.42. The number of carbonyl (C=O) groups excluding carboxylic acids is 1. The number of hydrogen-bond acceptors (Lipinski definition) is 3. The third-order valence-corrected chi connectivity index (χ3v) is 4.51. The van der Waals surface area contributed by atoms with E-state index in [0.717, 1.165) is 22.0 Å². The number of carbonyl (C=O) groups is 1. The van der Waals surface area contributed by atoms with Crippen LogP contribution in [-0.2, 0) is 9.53 Å². The summed E-state index contributed by atoms with van der Waals surface area (Å²) >= 11 is 2.09. The van der Waals surface area contributed by atoms with Crippen LogP contribution in [0.2, 0.25) is 0 Å². The number of esters is 1. The molecule has 1 N–H and O–H groups in total. The maximum atomic E-state index is 11.7. The Morgan fingerprint density at radius 1 is 1.50 bits per heavy atom. The van der Waals surface area contributed by atoms with E-state index in [4.69, 9.17) is 4.74 Å². The van der Waals surface area contributed by atoms with E-state index in [0.29, 0.717) is 5.92 Å². The van der Waals surface area contributed by atoms with Gasteiger partial charge < -0.3 is 9.84 Å². The van der Waals surface area contributed by atoms with Crippen LogP contribution >= 0.6 is 22.6 Å². The second-order valence-corrected chi connectivity index (χ2v) is 6.05. The summed E-state index contributed by atoms with van der Waals surface area (Å²) < 4.78 is 5.67. The maximum Gasteiger partial charge on any atom is 0.309 e. The van der Waals surface area contributed by atoms with Crippen LogP contribution in [0.15, 0.2) is 18.2 Å². The molecule has 2 atom stereocenters. The van der Waals surface area contributed by atoms with Crippen LogP contribution in [0.1, 0.15) is 31.2 Å². The molecule has 1 fully saturated rings. The minimum atomic E-state index is -0.176. The zero-order valence-corrected chi connectivity index (χ0v) is 12.7. The van der Waals surface area contributed by atoms with Gasteiger partial charge in [-0.15, -0.1) is 0 Å². The van der Waals surface area contributed by atoms with E-state index >= 15 is 0 Å². The largest absolute Gasteiger partial charge is 0.507 e. The van der Waals surface area contributed by atoms with E-state index in [2.05, 4.69) is 22.6 Å². The van der Waals surface area contributed by atoms with Gasteiger partial charge in [0.15, 0.2) is 0 Å². The van der Waals surface area contributed by atoms with Gasteiger partial charge in [0, 0.05) is 0 Å². The van der Waals surface area contributed by atoms with E-state index < -0.39 is 0 Å². The first-order chi connectivity index (χ1) is 8.54. The molecule has 0 aliphatic heterocycles. The van der Waals surface area contributed by atoms with Crippen LogP contribution in [-0.4, -0.2) is 18.2 Å². The second-order valence-electron chi connectivity index (χ2n) is 4.89. The molecule has 0 saturated heterocycles. The number of benzene rings is 1. The highest BCUT2D eigenvalue weighted by Gasteiger charge is 2.39. The normalized spacial score (nSPS) is 18.2. The van der Waals surface area contributed by atoms with Crippen LogP contribution in [0.5, 0.6) is 5.75 Å². The third-order valence-electron chi connectivity index (χ3n) is 3.60. The lowest BCUT2D eigenvalue weighted by Gasteiger charge is -2.22. The predicted octanol–water partition coefficient (Wildman–Crippen LogP) is 3.30. The fourth-order valence-corrected chi connectivity index (χ4v) is 2.83. The third kappa shape index (κ3) is 2.79. The minimum absolute atomic E-state index is 0.153. The number of ether oxygens (including phenoxy) is 1. The van der Waals surface area contributed by atoms with Crippen LogP contribution in [0.3, 0.4) is 0 Å². The SMILES string of the molecule is COC(=O)[C@@H](C)[C@H](c1ccc(I)c(O)c1)C1CC1. The molecule has 1 saturated carbocycles. The van der Waals surface area contributed by atoms with Crippen molar-refractivity contribution in [3.8, 4) is 5.75 Å². The van der Waals surface area contributed by atoms with Crippen LogP contribution < -0.4 is 0 Å². The summed E-state index contributed by atoms with van der Waals surface area (Å²) in [5.74, 6) is 0.640. The molecule has 1 aromatic carbocycles. The number of methoxy groups -OCH3 is 1. The highest BCUT2D eigenvalue weighted by Crippen LogP contribution is 2.47. The summed E-state index contributed by atoms with van der Waals surface area (Å²) in [4.78, 5) is 11.7. The summed E-state index contributed by atoms with van der Waals surface area (Å²) in [6.07, 6.45) is 2.30.